The Morgan fingerprint density at radius 1 is 1.03 bits per heavy atom. The molecule has 0 bridgehead atoms. The zero-order valence-corrected chi connectivity index (χ0v) is 19.7. The SMILES string of the molecule is CC(O)C1[O][Sb]([O][Sb]2(=[O])[O]C(C(=O)O)C(O)C(C(O)CO)[O]2)[O]C(C(=O)O)C1O. The van der Waals surface area contributed by atoms with Gasteiger partial charge in [0.05, 0.1) is 0 Å². The molecule has 0 aliphatic carbocycles. The molecule has 2 aliphatic heterocycles. The van der Waals surface area contributed by atoms with Crippen molar-refractivity contribution in [3.63, 3.8) is 0 Å². The number of hydrogen-bond acceptors (Lipinski definition) is 13. The molecule has 17 heteroatoms. The van der Waals surface area contributed by atoms with E-state index in [0.29, 0.717) is 0 Å². The number of aliphatic carboxylic acids is 2. The number of carboxylic acids is 2. The Morgan fingerprint density at radius 2 is 1.59 bits per heavy atom. The van der Waals surface area contributed by atoms with Crippen LogP contribution < -0.4 is 0 Å². The number of aliphatic hydroxyl groups excluding tert-OH is 5. The van der Waals surface area contributed by atoms with Crippen molar-refractivity contribution < 1.29 is 61.7 Å². The zero-order valence-electron chi connectivity index (χ0n) is 14.6. The summed E-state index contributed by atoms with van der Waals surface area (Å²) in [6.45, 7) is 0.202. The van der Waals surface area contributed by atoms with E-state index in [-0.39, 0.29) is 0 Å². The van der Waals surface area contributed by atoms with Crippen LogP contribution in [0.5, 0.6) is 0 Å². The summed E-state index contributed by atoms with van der Waals surface area (Å²) in [6.07, 6.45) is -14.4. The average molecular weight is 648 g/mol. The summed E-state index contributed by atoms with van der Waals surface area (Å²) in [7, 11) is 0. The van der Waals surface area contributed by atoms with Gasteiger partial charge in [0.1, 0.15) is 0 Å². The van der Waals surface area contributed by atoms with Crippen LogP contribution in [0.1, 0.15) is 6.92 Å². The zero-order chi connectivity index (χ0) is 22.1. The van der Waals surface area contributed by atoms with Crippen molar-refractivity contribution in [3.05, 3.63) is 0 Å². The van der Waals surface area contributed by atoms with E-state index >= 15 is 0 Å². The molecular weight excluding hydrogens is 628 g/mol. The van der Waals surface area contributed by atoms with Crippen molar-refractivity contribution in [1.82, 2.24) is 0 Å². The van der Waals surface area contributed by atoms with Gasteiger partial charge >= 0.3 is 178 Å². The van der Waals surface area contributed by atoms with Crippen LogP contribution in [0, 0.1) is 0 Å². The Bertz CT molecular complexity index is 657. The Labute approximate surface area is 177 Å². The molecule has 2 saturated heterocycles. The summed E-state index contributed by atoms with van der Waals surface area (Å²) in [4.78, 5) is 22.6. The third-order valence-corrected chi connectivity index (χ3v) is 16.4. The van der Waals surface area contributed by atoms with Crippen LogP contribution >= 0.6 is 0 Å². The first-order chi connectivity index (χ1) is 13.4. The summed E-state index contributed by atoms with van der Waals surface area (Å²) < 4.78 is 37.9. The van der Waals surface area contributed by atoms with Crippen molar-refractivity contribution >= 4 is 53.5 Å². The van der Waals surface area contributed by atoms with Crippen molar-refractivity contribution in [1.29, 1.82) is 0 Å². The molecule has 7 N–H and O–H groups in total. The van der Waals surface area contributed by atoms with Gasteiger partial charge in [-0.1, -0.05) is 0 Å². The molecular formula is C12H20O15Sb2. The van der Waals surface area contributed by atoms with Crippen molar-refractivity contribution in [3.8, 4) is 0 Å². The van der Waals surface area contributed by atoms with Gasteiger partial charge in [-0.15, -0.1) is 0 Å². The van der Waals surface area contributed by atoms with Gasteiger partial charge in [-0.05, 0) is 0 Å². The van der Waals surface area contributed by atoms with Gasteiger partial charge in [0.25, 0.3) is 0 Å². The minimum absolute atomic E-state index is 0.983. The molecule has 2 rings (SSSR count). The number of rotatable bonds is 7. The summed E-state index contributed by atoms with van der Waals surface area (Å²) in [5.74, 6) is -3.40. The summed E-state index contributed by atoms with van der Waals surface area (Å²) >= 11 is -10.3. The molecule has 0 aromatic rings. The van der Waals surface area contributed by atoms with Gasteiger partial charge < -0.3 is 0 Å². The van der Waals surface area contributed by atoms with E-state index in [1.165, 1.54) is 6.92 Å². The van der Waals surface area contributed by atoms with Crippen molar-refractivity contribution in [2.45, 2.75) is 55.8 Å². The van der Waals surface area contributed by atoms with Gasteiger partial charge in [-0.25, -0.2) is 0 Å². The topological polar surface area (TPSA) is 239 Å². The molecule has 0 aromatic heterocycles. The minimum atomic E-state index is -6.04. The van der Waals surface area contributed by atoms with E-state index in [1.807, 2.05) is 0 Å². The molecule has 9 atom stereocenters. The second-order valence-corrected chi connectivity index (χ2v) is 15.9. The van der Waals surface area contributed by atoms with Crippen LogP contribution in [0.3, 0.4) is 0 Å². The van der Waals surface area contributed by atoms with Crippen molar-refractivity contribution in [2.75, 3.05) is 6.61 Å². The van der Waals surface area contributed by atoms with Crippen LogP contribution in [-0.2, 0) is 26.0 Å². The molecule has 0 radical (unpaired) electrons. The van der Waals surface area contributed by atoms with Gasteiger partial charge in [-0.3, -0.25) is 0 Å². The second-order valence-electron chi connectivity index (χ2n) is 6.09. The van der Waals surface area contributed by atoms with Gasteiger partial charge in [-0.2, -0.15) is 0 Å². The van der Waals surface area contributed by atoms with E-state index in [0.717, 1.165) is 0 Å². The molecule has 0 amide bonds. The summed E-state index contributed by atoms with van der Waals surface area (Å²) in [5, 5.41) is 66.6. The van der Waals surface area contributed by atoms with Crippen molar-refractivity contribution in [2.24, 2.45) is 0 Å². The first kappa shape index (κ1) is 25.2. The molecule has 168 valence electrons. The van der Waals surface area contributed by atoms with E-state index < -0.39 is 109 Å². The van der Waals surface area contributed by atoms with Crippen LogP contribution in [0.2, 0.25) is 0 Å². The second kappa shape index (κ2) is 10.1. The van der Waals surface area contributed by atoms with E-state index in [9.17, 15) is 33.0 Å². The van der Waals surface area contributed by atoms with Gasteiger partial charge in [0.15, 0.2) is 0 Å². The van der Waals surface area contributed by atoms with Gasteiger partial charge in [0.2, 0.25) is 0 Å². The normalized spacial score (nSPS) is 40.9. The first-order valence-corrected chi connectivity index (χ1v) is 15.3. The van der Waals surface area contributed by atoms with Crippen LogP contribution in [0.4, 0.5) is 0 Å². The third-order valence-electron chi connectivity index (χ3n) is 3.89. The molecule has 0 saturated carbocycles. The fraction of sp³-hybridized carbons (Fsp3) is 0.833. The maximum absolute atomic E-state index is 12.9. The Kier molecular flexibility index (Phi) is 8.76. The molecule has 9 unspecified atom stereocenters. The number of carboxylic acid groups (broad SMARTS) is 2. The number of aliphatic hydroxyl groups is 5. The maximum atomic E-state index is 12.9. The monoisotopic (exact) mass is 646 g/mol. The fourth-order valence-electron chi connectivity index (χ4n) is 2.44. The average Bonchev–Trinajstić information content (AvgIpc) is 2.63. The predicted molar refractivity (Wildman–Crippen MR) is 84.8 cm³/mol. The Hall–Kier alpha value is -0.0236. The molecule has 2 aliphatic rings. The molecule has 29 heavy (non-hydrogen) atoms. The molecule has 15 nitrogen and oxygen atoms in total. The number of hydrogen-bond donors (Lipinski definition) is 7. The van der Waals surface area contributed by atoms with Crippen LogP contribution in [0.15, 0.2) is 0 Å². The van der Waals surface area contributed by atoms with E-state index in [1.54, 1.807) is 0 Å². The quantitative estimate of drug-likeness (QED) is 0.128. The Morgan fingerprint density at radius 3 is 2.07 bits per heavy atom. The first-order valence-electron chi connectivity index (χ1n) is 7.99. The molecule has 2 fully saturated rings. The van der Waals surface area contributed by atoms with Crippen LogP contribution in [-0.4, -0.2) is 145 Å². The molecule has 0 spiro atoms. The third kappa shape index (κ3) is 5.82. The molecule has 2 heterocycles. The fourth-order valence-corrected chi connectivity index (χ4v) is 15.3. The van der Waals surface area contributed by atoms with E-state index in [2.05, 4.69) is 0 Å². The predicted octanol–water partition coefficient (Wildman–Crippen LogP) is -4.95. The standard InChI is InChI=1S/C6H10O7.C6H10O6.2O.2Sb/c7-1-2(8)3(9)4(10)5(11)6(12)13;1-2(7)3(8)4(9)5(10)6(11)12;;;;/h2-5,7-8,10H,1H2,(H,12,13);2-5,7,9H,1H3,(H,11,12);;;;/q2*-2;;;2*+2. The van der Waals surface area contributed by atoms with Crippen LogP contribution in [0.25, 0.3) is 0 Å². The van der Waals surface area contributed by atoms with E-state index in [4.69, 9.17) is 28.7 Å². The Balaban J connectivity index is 2.26. The molecule has 0 aromatic carbocycles. The van der Waals surface area contributed by atoms with Gasteiger partial charge in [0, 0.05) is 0 Å². The summed E-state index contributed by atoms with van der Waals surface area (Å²) in [5.41, 5.74) is 0. The number of carbonyl (C=O) groups is 2. The summed E-state index contributed by atoms with van der Waals surface area (Å²) in [6, 6.07) is 0.